The normalized spacial score (nSPS) is 25.1. The van der Waals surface area contributed by atoms with Gasteiger partial charge < -0.3 is 10.5 Å². The van der Waals surface area contributed by atoms with Gasteiger partial charge >= 0.3 is 0 Å². The predicted octanol–water partition coefficient (Wildman–Crippen LogP) is 2.22. The molecule has 21 heavy (non-hydrogen) atoms. The smallest absolute Gasteiger partial charge is 0.154 e. The van der Waals surface area contributed by atoms with Crippen molar-refractivity contribution in [2.75, 3.05) is 12.4 Å². The number of ether oxygens (including phenoxy) is 1. The van der Waals surface area contributed by atoms with Crippen molar-refractivity contribution in [1.29, 1.82) is 0 Å². The SMILES string of the molecule is NC(Cc1cc(Br)cc2c1OCC2)C1CCCCS1(=O)=O. The quantitative estimate of drug-likeness (QED) is 0.881. The lowest BCUT2D eigenvalue weighted by Gasteiger charge is -2.28. The molecule has 1 saturated heterocycles. The van der Waals surface area contributed by atoms with Gasteiger partial charge in [-0.25, -0.2) is 8.42 Å². The second-order valence-corrected chi connectivity index (χ2v) is 9.18. The van der Waals surface area contributed by atoms with Crippen LogP contribution in [-0.4, -0.2) is 32.1 Å². The van der Waals surface area contributed by atoms with Crippen LogP contribution in [0.3, 0.4) is 0 Å². The maximum atomic E-state index is 12.2. The van der Waals surface area contributed by atoms with E-state index in [0.717, 1.165) is 35.0 Å². The number of halogens is 1. The molecule has 0 saturated carbocycles. The molecule has 2 N–H and O–H groups in total. The Labute approximate surface area is 134 Å². The summed E-state index contributed by atoms with van der Waals surface area (Å²) in [6.45, 7) is 0.690. The lowest BCUT2D eigenvalue weighted by atomic mass is 9.98. The van der Waals surface area contributed by atoms with Crippen molar-refractivity contribution in [2.45, 2.75) is 43.4 Å². The summed E-state index contributed by atoms with van der Waals surface area (Å²) < 4.78 is 31.1. The Kier molecular flexibility index (Phi) is 4.30. The molecule has 1 fully saturated rings. The zero-order chi connectivity index (χ0) is 15.0. The monoisotopic (exact) mass is 373 g/mol. The maximum absolute atomic E-state index is 12.2. The van der Waals surface area contributed by atoms with Gasteiger partial charge in [-0.2, -0.15) is 0 Å². The van der Waals surface area contributed by atoms with Gasteiger partial charge in [-0.1, -0.05) is 22.4 Å². The van der Waals surface area contributed by atoms with Crippen LogP contribution in [0.25, 0.3) is 0 Å². The fourth-order valence-corrected chi connectivity index (χ4v) is 5.96. The molecule has 0 amide bonds. The fraction of sp³-hybridized carbons (Fsp3) is 0.600. The van der Waals surface area contributed by atoms with Gasteiger partial charge in [-0.3, -0.25) is 0 Å². The highest BCUT2D eigenvalue weighted by Crippen LogP contribution is 2.34. The van der Waals surface area contributed by atoms with Crippen LogP contribution >= 0.6 is 15.9 Å². The molecular formula is C15H20BrNO3S. The van der Waals surface area contributed by atoms with Crippen molar-refractivity contribution < 1.29 is 13.2 Å². The van der Waals surface area contributed by atoms with E-state index in [4.69, 9.17) is 10.5 Å². The molecule has 4 nitrogen and oxygen atoms in total. The van der Waals surface area contributed by atoms with Crippen LogP contribution in [-0.2, 0) is 22.7 Å². The molecule has 116 valence electrons. The van der Waals surface area contributed by atoms with Gasteiger partial charge in [0.1, 0.15) is 5.75 Å². The van der Waals surface area contributed by atoms with Crippen molar-refractivity contribution in [3.63, 3.8) is 0 Å². The summed E-state index contributed by atoms with van der Waals surface area (Å²) in [5.74, 6) is 1.18. The van der Waals surface area contributed by atoms with Crippen LogP contribution in [0.15, 0.2) is 16.6 Å². The summed E-state index contributed by atoms with van der Waals surface area (Å²) in [6.07, 6.45) is 3.84. The highest BCUT2D eigenvalue weighted by Gasteiger charge is 2.34. The molecule has 2 atom stereocenters. The van der Waals surface area contributed by atoms with Gasteiger partial charge in [0.25, 0.3) is 0 Å². The molecule has 2 aliphatic rings. The lowest BCUT2D eigenvalue weighted by Crippen LogP contribution is -2.44. The third kappa shape index (κ3) is 3.12. The Morgan fingerprint density at radius 2 is 2.19 bits per heavy atom. The highest BCUT2D eigenvalue weighted by molar-refractivity contribution is 9.10. The van der Waals surface area contributed by atoms with E-state index in [1.54, 1.807) is 0 Å². The van der Waals surface area contributed by atoms with E-state index in [2.05, 4.69) is 22.0 Å². The molecule has 0 aromatic heterocycles. The van der Waals surface area contributed by atoms with Crippen LogP contribution in [0.2, 0.25) is 0 Å². The molecule has 3 rings (SSSR count). The van der Waals surface area contributed by atoms with Crippen LogP contribution in [0.4, 0.5) is 0 Å². The summed E-state index contributed by atoms with van der Waals surface area (Å²) in [5, 5.41) is -0.415. The molecule has 1 aromatic rings. The number of benzene rings is 1. The van der Waals surface area contributed by atoms with E-state index in [1.807, 2.05) is 6.07 Å². The second kappa shape index (κ2) is 5.89. The van der Waals surface area contributed by atoms with E-state index in [9.17, 15) is 8.42 Å². The Bertz CT molecular complexity index is 645. The Morgan fingerprint density at radius 1 is 1.38 bits per heavy atom. The molecule has 0 radical (unpaired) electrons. The average molecular weight is 374 g/mol. The van der Waals surface area contributed by atoms with Crippen LogP contribution in [0.5, 0.6) is 5.75 Å². The van der Waals surface area contributed by atoms with E-state index in [1.165, 1.54) is 5.56 Å². The Balaban J connectivity index is 1.84. The summed E-state index contributed by atoms with van der Waals surface area (Å²) in [5.41, 5.74) is 8.45. The molecule has 6 heteroatoms. The number of hydrogen-bond donors (Lipinski definition) is 1. The minimum atomic E-state index is -3.04. The van der Waals surface area contributed by atoms with Crippen molar-refractivity contribution in [1.82, 2.24) is 0 Å². The van der Waals surface area contributed by atoms with Crippen molar-refractivity contribution >= 4 is 25.8 Å². The number of sulfone groups is 1. The van der Waals surface area contributed by atoms with Gasteiger partial charge in [-0.05, 0) is 42.5 Å². The van der Waals surface area contributed by atoms with Crippen LogP contribution in [0, 0.1) is 0 Å². The zero-order valence-electron chi connectivity index (χ0n) is 11.8. The molecule has 2 unspecified atom stereocenters. The van der Waals surface area contributed by atoms with E-state index >= 15 is 0 Å². The van der Waals surface area contributed by atoms with Crippen LogP contribution in [0.1, 0.15) is 30.4 Å². The average Bonchev–Trinajstić information content (AvgIpc) is 2.86. The minimum absolute atomic E-state index is 0.276. The van der Waals surface area contributed by atoms with E-state index in [0.29, 0.717) is 19.4 Å². The molecule has 0 spiro atoms. The van der Waals surface area contributed by atoms with Gasteiger partial charge in [0.2, 0.25) is 0 Å². The lowest BCUT2D eigenvalue weighted by molar-refractivity contribution is 0.352. The first-order valence-corrected chi connectivity index (χ1v) is 9.89. The standard InChI is InChI=1S/C15H20BrNO3S/c16-12-7-10-4-5-20-15(10)11(8-12)9-13(17)14-3-1-2-6-21(14,18)19/h7-8,13-14H,1-6,9,17H2. The first-order chi connectivity index (χ1) is 9.97. The number of hydrogen-bond acceptors (Lipinski definition) is 4. The molecule has 1 aromatic carbocycles. The first kappa shape index (κ1) is 15.3. The largest absolute Gasteiger partial charge is 0.493 e. The Morgan fingerprint density at radius 3 is 2.95 bits per heavy atom. The number of nitrogens with two attached hydrogens (primary N) is 1. The van der Waals surface area contributed by atoms with Crippen molar-refractivity contribution in [3.8, 4) is 5.75 Å². The van der Waals surface area contributed by atoms with Crippen molar-refractivity contribution in [2.24, 2.45) is 5.73 Å². The first-order valence-electron chi connectivity index (χ1n) is 7.38. The van der Waals surface area contributed by atoms with E-state index < -0.39 is 15.1 Å². The van der Waals surface area contributed by atoms with Gasteiger partial charge in [0.05, 0.1) is 17.6 Å². The van der Waals surface area contributed by atoms with Gasteiger partial charge in [0, 0.05) is 16.9 Å². The topological polar surface area (TPSA) is 69.4 Å². The molecular weight excluding hydrogens is 354 g/mol. The minimum Gasteiger partial charge on any atom is -0.493 e. The summed E-state index contributed by atoms with van der Waals surface area (Å²) in [6, 6.07) is 3.70. The van der Waals surface area contributed by atoms with Crippen LogP contribution < -0.4 is 10.5 Å². The zero-order valence-corrected chi connectivity index (χ0v) is 14.2. The Hall–Kier alpha value is -0.590. The molecule has 2 heterocycles. The third-order valence-corrected chi connectivity index (χ3v) is 7.21. The van der Waals surface area contributed by atoms with Gasteiger partial charge in [0.15, 0.2) is 9.84 Å². The molecule has 0 bridgehead atoms. The second-order valence-electron chi connectivity index (χ2n) is 5.92. The molecule has 0 aliphatic carbocycles. The summed E-state index contributed by atoms with van der Waals surface area (Å²) in [4.78, 5) is 0. The maximum Gasteiger partial charge on any atom is 0.154 e. The number of fused-ring (bicyclic) bond motifs is 1. The predicted molar refractivity (Wildman–Crippen MR) is 86.4 cm³/mol. The van der Waals surface area contributed by atoms with E-state index in [-0.39, 0.29) is 11.8 Å². The number of rotatable bonds is 3. The summed E-state index contributed by atoms with van der Waals surface area (Å²) in [7, 11) is -3.04. The van der Waals surface area contributed by atoms with Crippen molar-refractivity contribution in [3.05, 3.63) is 27.7 Å². The highest BCUT2D eigenvalue weighted by atomic mass is 79.9. The fourth-order valence-electron chi connectivity index (χ4n) is 3.34. The molecule has 2 aliphatic heterocycles. The third-order valence-electron chi connectivity index (χ3n) is 4.39. The summed E-state index contributed by atoms with van der Waals surface area (Å²) >= 11 is 3.51. The van der Waals surface area contributed by atoms with Gasteiger partial charge in [-0.15, -0.1) is 0 Å².